The van der Waals surface area contributed by atoms with E-state index in [9.17, 15) is 19.6 Å². The van der Waals surface area contributed by atoms with E-state index in [4.69, 9.17) is 4.42 Å². The summed E-state index contributed by atoms with van der Waals surface area (Å²) in [6.07, 6.45) is 1.31. The van der Waals surface area contributed by atoms with Crippen molar-refractivity contribution in [3.05, 3.63) is 95.5 Å². The molecule has 0 aliphatic heterocycles. The molecule has 8 heteroatoms. The Labute approximate surface area is 184 Å². The average molecular weight is 428 g/mol. The summed E-state index contributed by atoms with van der Waals surface area (Å²) < 4.78 is 5.52. The molecular formula is C24H20N4O4. The van der Waals surface area contributed by atoms with E-state index in [1.807, 2.05) is 36.4 Å². The summed E-state index contributed by atoms with van der Waals surface area (Å²) in [6.45, 7) is 0.260. The second-order valence-electron chi connectivity index (χ2n) is 6.64. The van der Waals surface area contributed by atoms with E-state index in [0.29, 0.717) is 18.0 Å². The Morgan fingerprint density at radius 1 is 0.812 bits per heavy atom. The Hall–Kier alpha value is -4.64. The Morgan fingerprint density at radius 3 is 2.16 bits per heavy atom. The molecule has 0 saturated heterocycles. The van der Waals surface area contributed by atoms with Gasteiger partial charge < -0.3 is 20.4 Å². The number of carbonyl (C=O) groups excluding carboxylic acids is 3. The lowest BCUT2D eigenvalue weighted by Crippen LogP contribution is -2.34. The van der Waals surface area contributed by atoms with Crippen LogP contribution in [0.2, 0.25) is 0 Å². The molecular weight excluding hydrogens is 408 g/mol. The number of nitrogens with zero attached hydrogens (tertiary/aromatic N) is 1. The van der Waals surface area contributed by atoms with Crippen molar-refractivity contribution in [1.29, 1.82) is 5.26 Å². The minimum atomic E-state index is -0.819. The molecule has 0 bridgehead atoms. The molecule has 0 aliphatic rings. The van der Waals surface area contributed by atoms with Gasteiger partial charge in [-0.25, -0.2) is 0 Å². The van der Waals surface area contributed by atoms with E-state index in [1.165, 1.54) is 6.08 Å². The highest BCUT2D eigenvalue weighted by molar-refractivity contribution is 6.39. The fourth-order valence-electron chi connectivity index (χ4n) is 2.69. The van der Waals surface area contributed by atoms with Gasteiger partial charge >= 0.3 is 11.8 Å². The van der Waals surface area contributed by atoms with Gasteiger partial charge in [0.2, 0.25) is 0 Å². The van der Waals surface area contributed by atoms with Crippen molar-refractivity contribution in [2.24, 2.45) is 0 Å². The van der Waals surface area contributed by atoms with E-state index >= 15 is 0 Å². The van der Waals surface area contributed by atoms with Gasteiger partial charge in [-0.3, -0.25) is 14.4 Å². The van der Waals surface area contributed by atoms with Gasteiger partial charge in [-0.05, 0) is 29.8 Å². The topological polar surface area (TPSA) is 124 Å². The Balaban J connectivity index is 1.52. The minimum absolute atomic E-state index is 0.0308. The molecule has 0 aliphatic carbocycles. The Morgan fingerprint density at radius 2 is 1.47 bits per heavy atom. The third-order valence-electron chi connectivity index (χ3n) is 4.29. The molecule has 0 atom stereocenters. The normalized spacial score (nSPS) is 10.7. The molecule has 0 fully saturated rings. The third kappa shape index (κ3) is 6.43. The first-order chi connectivity index (χ1) is 15.5. The van der Waals surface area contributed by atoms with Crippen LogP contribution < -0.4 is 16.0 Å². The summed E-state index contributed by atoms with van der Waals surface area (Å²) in [5, 5.41) is 16.9. The van der Waals surface area contributed by atoms with Crippen LogP contribution in [0.4, 0.5) is 5.69 Å². The highest BCUT2D eigenvalue weighted by Crippen LogP contribution is 2.12. The molecule has 160 valence electrons. The predicted octanol–water partition coefficient (Wildman–Crippen LogP) is 2.76. The van der Waals surface area contributed by atoms with Crippen molar-refractivity contribution in [3.8, 4) is 6.07 Å². The molecule has 3 aromatic rings. The lowest BCUT2D eigenvalue weighted by atomic mass is 10.2. The van der Waals surface area contributed by atoms with Gasteiger partial charge in [0, 0.05) is 18.3 Å². The molecule has 0 radical (unpaired) electrons. The van der Waals surface area contributed by atoms with Gasteiger partial charge in [0.25, 0.3) is 5.91 Å². The first-order valence-electron chi connectivity index (χ1n) is 9.72. The van der Waals surface area contributed by atoms with Crippen molar-refractivity contribution >= 4 is 29.5 Å². The standard InChI is InChI=1S/C24H20N4O4/c25-14-18(22(29)26-15-17-7-3-1-4-8-17)13-20-11-12-21(32-20)16-27-23(30)24(31)28-19-9-5-2-6-10-19/h1-13H,15-16H2,(H,26,29)(H,27,30)(H,28,31)/b18-13-. The van der Waals surface area contributed by atoms with Gasteiger partial charge in [-0.1, -0.05) is 48.5 Å². The predicted molar refractivity (Wildman–Crippen MR) is 118 cm³/mol. The first kappa shape index (κ1) is 22.1. The second-order valence-corrected chi connectivity index (χ2v) is 6.64. The molecule has 32 heavy (non-hydrogen) atoms. The monoisotopic (exact) mass is 428 g/mol. The van der Waals surface area contributed by atoms with Gasteiger partial charge in [-0.15, -0.1) is 0 Å². The van der Waals surface area contributed by atoms with Crippen molar-refractivity contribution in [3.63, 3.8) is 0 Å². The zero-order chi connectivity index (χ0) is 22.8. The molecule has 1 aromatic heterocycles. The van der Waals surface area contributed by atoms with Gasteiger partial charge in [0.15, 0.2) is 0 Å². The zero-order valence-corrected chi connectivity index (χ0v) is 17.0. The number of hydrogen-bond donors (Lipinski definition) is 3. The number of anilines is 1. The minimum Gasteiger partial charge on any atom is -0.460 e. The molecule has 3 amide bonds. The molecule has 1 heterocycles. The largest absolute Gasteiger partial charge is 0.460 e. The highest BCUT2D eigenvalue weighted by atomic mass is 16.3. The number of para-hydroxylation sites is 1. The highest BCUT2D eigenvalue weighted by Gasteiger charge is 2.14. The second kappa shape index (κ2) is 10.9. The maximum Gasteiger partial charge on any atom is 0.313 e. The summed E-state index contributed by atoms with van der Waals surface area (Å²) >= 11 is 0. The van der Waals surface area contributed by atoms with Crippen molar-refractivity contribution in [1.82, 2.24) is 10.6 Å². The van der Waals surface area contributed by atoms with Gasteiger partial charge in [0.1, 0.15) is 23.2 Å². The molecule has 2 aromatic carbocycles. The van der Waals surface area contributed by atoms with Crippen molar-refractivity contribution in [2.45, 2.75) is 13.1 Å². The Bertz CT molecular complexity index is 1160. The van der Waals surface area contributed by atoms with Gasteiger partial charge in [-0.2, -0.15) is 5.26 Å². The molecule has 8 nitrogen and oxygen atoms in total. The molecule has 0 spiro atoms. The lowest BCUT2D eigenvalue weighted by Gasteiger charge is -2.05. The molecule has 3 rings (SSSR count). The first-order valence-corrected chi connectivity index (χ1v) is 9.72. The fraction of sp³-hybridized carbons (Fsp3) is 0.0833. The fourth-order valence-corrected chi connectivity index (χ4v) is 2.69. The average Bonchev–Trinajstić information content (AvgIpc) is 3.28. The summed E-state index contributed by atoms with van der Waals surface area (Å²) in [6, 6.07) is 22.9. The molecule has 3 N–H and O–H groups in total. The van der Waals surface area contributed by atoms with Crippen LogP contribution in [-0.2, 0) is 27.5 Å². The van der Waals surface area contributed by atoms with Gasteiger partial charge in [0.05, 0.1) is 6.54 Å². The number of hydrogen-bond acceptors (Lipinski definition) is 5. The van der Waals surface area contributed by atoms with Crippen LogP contribution in [0.15, 0.2) is 82.8 Å². The summed E-state index contributed by atoms with van der Waals surface area (Å²) in [5.41, 5.74) is 1.30. The maximum atomic E-state index is 12.3. The quantitative estimate of drug-likeness (QED) is 0.303. The van der Waals surface area contributed by atoms with Crippen LogP contribution in [0.5, 0.6) is 0 Å². The molecule has 0 unspecified atom stereocenters. The summed E-state index contributed by atoms with van der Waals surface area (Å²) in [5.74, 6) is -1.52. The van der Waals surface area contributed by atoms with E-state index in [2.05, 4.69) is 16.0 Å². The Kier molecular flexibility index (Phi) is 7.54. The number of amides is 3. The number of carbonyl (C=O) groups is 3. The number of nitrogens with one attached hydrogen (secondary N) is 3. The van der Waals surface area contributed by atoms with Crippen molar-refractivity contribution < 1.29 is 18.8 Å². The van der Waals surface area contributed by atoms with E-state index in [-0.39, 0.29) is 17.9 Å². The van der Waals surface area contributed by atoms with E-state index in [1.54, 1.807) is 42.5 Å². The van der Waals surface area contributed by atoms with Crippen LogP contribution in [0.25, 0.3) is 6.08 Å². The number of nitriles is 1. The smallest absolute Gasteiger partial charge is 0.313 e. The van der Waals surface area contributed by atoms with Crippen LogP contribution in [0.1, 0.15) is 17.1 Å². The SMILES string of the molecule is N#C/C(=C/c1ccc(CNC(=O)C(=O)Nc2ccccc2)o1)C(=O)NCc1ccccc1. The van der Waals surface area contributed by atoms with Crippen molar-refractivity contribution in [2.75, 3.05) is 5.32 Å². The number of benzene rings is 2. The third-order valence-corrected chi connectivity index (χ3v) is 4.29. The molecule has 0 saturated carbocycles. The zero-order valence-electron chi connectivity index (χ0n) is 17.0. The van der Waals surface area contributed by atoms with Crippen LogP contribution >= 0.6 is 0 Å². The number of rotatable bonds is 7. The van der Waals surface area contributed by atoms with Crippen LogP contribution in [0.3, 0.4) is 0 Å². The van der Waals surface area contributed by atoms with Crippen LogP contribution in [0, 0.1) is 11.3 Å². The summed E-state index contributed by atoms with van der Waals surface area (Å²) in [4.78, 5) is 36.1. The van der Waals surface area contributed by atoms with Crippen LogP contribution in [-0.4, -0.2) is 17.7 Å². The lowest BCUT2D eigenvalue weighted by molar-refractivity contribution is -0.136. The number of furan rings is 1. The van der Waals surface area contributed by atoms with E-state index < -0.39 is 17.7 Å². The maximum absolute atomic E-state index is 12.3. The van der Waals surface area contributed by atoms with E-state index in [0.717, 1.165) is 5.56 Å². The summed E-state index contributed by atoms with van der Waals surface area (Å²) in [7, 11) is 0.